The Kier molecular flexibility index (Phi) is 7.80. The Morgan fingerprint density at radius 1 is 0.971 bits per heavy atom. The number of nitrogens with zero attached hydrogens (tertiary/aromatic N) is 3. The number of aromatic nitrogens is 2. The molecule has 12 heteroatoms. The van der Waals surface area contributed by atoms with Gasteiger partial charge in [0.1, 0.15) is 19.0 Å². The minimum Gasteiger partial charge on any atom is -0.487 e. The summed E-state index contributed by atoms with van der Waals surface area (Å²) in [4.78, 5) is 10.8. The standard InChI is InChI=1S/C23H26ClN3O7S/c1-30-8-10-32-20-13-17-18(14-21(20)33-11-9-31-2)25-23(34-35(3,28)29)26-22(17)27-7-6-15-4-5-16(24)12-19(15)27/h4-5,12-14H,6-11H2,1-3H3. The lowest BCUT2D eigenvalue weighted by molar-refractivity contribution is 0.132. The van der Waals surface area contributed by atoms with E-state index in [1.165, 1.54) is 0 Å². The smallest absolute Gasteiger partial charge is 0.335 e. The third-order valence-corrected chi connectivity index (χ3v) is 5.92. The van der Waals surface area contributed by atoms with Crippen LogP contribution in [0.2, 0.25) is 5.02 Å². The second-order valence-electron chi connectivity index (χ2n) is 7.79. The highest BCUT2D eigenvalue weighted by Gasteiger charge is 2.26. The molecule has 4 rings (SSSR count). The first kappa shape index (κ1) is 25.2. The fourth-order valence-electron chi connectivity index (χ4n) is 3.75. The Morgan fingerprint density at radius 3 is 2.31 bits per heavy atom. The summed E-state index contributed by atoms with van der Waals surface area (Å²) in [6.45, 7) is 1.96. The first-order valence-electron chi connectivity index (χ1n) is 10.8. The Labute approximate surface area is 208 Å². The van der Waals surface area contributed by atoms with Crippen LogP contribution in [0.5, 0.6) is 17.5 Å². The molecule has 1 aliphatic rings. The molecule has 0 spiro atoms. The van der Waals surface area contributed by atoms with Gasteiger partial charge in [0.2, 0.25) is 0 Å². The zero-order valence-corrected chi connectivity index (χ0v) is 21.2. The van der Waals surface area contributed by atoms with Crippen LogP contribution in [0.1, 0.15) is 5.56 Å². The Balaban J connectivity index is 1.87. The third kappa shape index (κ3) is 6.04. The second kappa shape index (κ2) is 10.8. The second-order valence-corrected chi connectivity index (χ2v) is 9.80. The fraction of sp³-hybridized carbons (Fsp3) is 0.391. The minimum absolute atomic E-state index is 0.283. The average Bonchev–Trinajstić information content (AvgIpc) is 3.21. The first-order valence-corrected chi connectivity index (χ1v) is 13.0. The van der Waals surface area contributed by atoms with Crippen molar-refractivity contribution in [2.24, 2.45) is 0 Å². The molecule has 3 aromatic rings. The van der Waals surface area contributed by atoms with Crippen molar-refractivity contribution < 1.29 is 31.5 Å². The molecule has 0 unspecified atom stereocenters. The summed E-state index contributed by atoms with van der Waals surface area (Å²) in [6, 6.07) is 8.81. The fourth-order valence-corrected chi connectivity index (χ4v) is 4.26. The van der Waals surface area contributed by atoms with E-state index in [0.717, 1.165) is 23.9 Å². The van der Waals surface area contributed by atoms with Crippen LogP contribution in [0, 0.1) is 0 Å². The van der Waals surface area contributed by atoms with Gasteiger partial charge in [0, 0.05) is 42.9 Å². The number of benzene rings is 2. The predicted molar refractivity (Wildman–Crippen MR) is 132 cm³/mol. The number of anilines is 2. The molecule has 2 heterocycles. The van der Waals surface area contributed by atoms with Crippen LogP contribution in [0.15, 0.2) is 30.3 Å². The molecule has 0 saturated carbocycles. The molecule has 35 heavy (non-hydrogen) atoms. The summed E-state index contributed by atoms with van der Waals surface area (Å²) in [5, 5.41) is 1.21. The van der Waals surface area contributed by atoms with Crippen molar-refractivity contribution in [1.82, 2.24) is 9.97 Å². The predicted octanol–water partition coefficient (Wildman–Crippen LogP) is 3.37. The summed E-state index contributed by atoms with van der Waals surface area (Å²) in [5.41, 5.74) is 2.41. The van der Waals surface area contributed by atoms with E-state index in [0.29, 0.717) is 59.6 Å². The molecule has 1 aromatic heterocycles. The van der Waals surface area contributed by atoms with Crippen molar-refractivity contribution in [1.29, 1.82) is 0 Å². The van der Waals surface area contributed by atoms with E-state index >= 15 is 0 Å². The van der Waals surface area contributed by atoms with Gasteiger partial charge in [-0.3, -0.25) is 0 Å². The number of hydrogen-bond acceptors (Lipinski definition) is 10. The number of methoxy groups -OCH3 is 2. The van der Waals surface area contributed by atoms with Crippen LogP contribution < -0.4 is 18.6 Å². The summed E-state index contributed by atoms with van der Waals surface area (Å²) < 4.78 is 50.7. The molecule has 0 N–H and O–H groups in total. The van der Waals surface area contributed by atoms with Gasteiger partial charge >= 0.3 is 16.1 Å². The van der Waals surface area contributed by atoms with Crippen molar-refractivity contribution in [3.05, 3.63) is 40.9 Å². The van der Waals surface area contributed by atoms with E-state index in [4.69, 9.17) is 34.7 Å². The van der Waals surface area contributed by atoms with Crippen LogP contribution >= 0.6 is 11.6 Å². The molecule has 0 aliphatic carbocycles. The van der Waals surface area contributed by atoms with Crippen molar-refractivity contribution in [2.45, 2.75) is 6.42 Å². The van der Waals surface area contributed by atoms with Gasteiger partial charge in [0.15, 0.2) is 11.5 Å². The van der Waals surface area contributed by atoms with Gasteiger partial charge in [-0.05, 0) is 30.2 Å². The summed E-state index contributed by atoms with van der Waals surface area (Å²) in [5.74, 6) is 1.36. The molecule has 1 aliphatic heterocycles. The zero-order chi connectivity index (χ0) is 25.0. The molecular weight excluding hydrogens is 498 g/mol. The highest BCUT2D eigenvalue weighted by Crippen LogP contribution is 2.42. The number of ether oxygens (including phenoxy) is 4. The van der Waals surface area contributed by atoms with Gasteiger partial charge in [0.25, 0.3) is 0 Å². The molecule has 0 fully saturated rings. The summed E-state index contributed by atoms with van der Waals surface area (Å²) >= 11 is 6.27. The van der Waals surface area contributed by atoms with Gasteiger partial charge < -0.3 is 28.0 Å². The van der Waals surface area contributed by atoms with Gasteiger partial charge in [-0.1, -0.05) is 17.7 Å². The maximum Gasteiger partial charge on any atom is 0.335 e. The maximum absolute atomic E-state index is 11.9. The summed E-state index contributed by atoms with van der Waals surface area (Å²) in [6.07, 6.45) is 1.72. The highest BCUT2D eigenvalue weighted by atomic mass is 35.5. The maximum atomic E-state index is 11.9. The quantitative estimate of drug-likeness (QED) is 0.274. The molecule has 0 amide bonds. The van der Waals surface area contributed by atoms with Crippen molar-refractivity contribution in [2.75, 3.05) is 58.3 Å². The van der Waals surface area contributed by atoms with Crippen LogP contribution in [-0.2, 0) is 26.0 Å². The van der Waals surface area contributed by atoms with Crippen molar-refractivity contribution in [3.63, 3.8) is 0 Å². The molecular formula is C23H26ClN3O7S. The van der Waals surface area contributed by atoms with E-state index in [1.807, 2.05) is 23.1 Å². The van der Waals surface area contributed by atoms with Crippen molar-refractivity contribution in [3.8, 4) is 17.5 Å². The Morgan fingerprint density at radius 2 is 1.66 bits per heavy atom. The first-order chi connectivity index (χ1) is 16.8. The normalized spacial score (nSPS) is 13.2. The zero-order valence-electron chi connectivity index (χ0n) is 19.6. The third-order valence-electron chi connectivity index (χ3n) is 5.24. The molecule has 0 saturated heterocycles. The lowest BCUT2D eigenvalue weighted by Gasteiger charge is -2.22. The van der Waals surface area contributed by atoms with Crippen LogP contribution in [0.3, 0.4) is 0 Å². The molecule has 0 radical (unpaired) electrons. The van der Waals surface area contributed by atoms with E-state index in [-0.39, 0.29) is 12.6 Å². The van der Waals surface area contributed by atoms with Crippen LogP contribution in [0.4, 0.5) is 11.5 Å². The monoisotopic (exact) mass is 523 g/mol. The van der Waals surface area contributed by atoms with Crippen LogP contribution in [0.25, 0.3) is 10.9 Å². The van der Waals surface area contributed by atoms with E-state index in [1.54, 1.807) is 26.4 Å². The number of rotatable bonds is 11. The van der Waals surface area contributed by atoms with Crippen LogP contribution in [-0.4, -0.2) is 71.8 Å². The number of hydrogen-bond donors (Lipinski definition) is 0. The lowest BCUT2D eigenvalue weighted by atomic mass is 10.1. The number of fused-ring (bicyclic) bond motifs is 2. The molecule has 2 aromatic carbocycles. The summed E-state index contributed by atoms with van der Waals surface area (Å²) in [7, 11) is -0.689. The van der Waals surface area contributed by atoms with Gasteiger partial charge in [-0.15, -0.1) is 0 Å². The largest absolute Gasteiger partial charge is 0.487 e. The Bertz CT molecular complexity index is 1320. The lowest BCUT2D eigenvalue weighted by Crippen LogP contribution is -2.17. The van der Waals surface area contributed by atoms with E-state index in [9.17, 15) is 8.42 Å². The SMILES string of the molecule is COCCOc1cc2nc(OS(C)(=O)=O)nc(N3CCc4ccc(Cl)cc43)c2cc1OCCOC. The number of halogens is 1. The topological polar surface area (TPSA) is 109 Å². The molecule has 0 bridgehead atoms. The average molecular weight is 524 g/mol. The van der Waals surface area contributed by atoms with E-state index < -0.39 is 10.1 Å². The molecule has 0 atom stereocenters. The van der Waals surface area contributed by atoms with Gasteiger partial charge in [-0.25, -0.2) is 0 Å². The van der Waals surface area contributed by atoms with Gasteiger partial charge in [0.05, 0.1) is 25.0 Å². The minimum atomic E-state index is -3.86. The highest BCUT2D eigenvalue weighted by molar-refractivity contribution is 7.86. The molecule has 188 valence electrons. The molecule has 10 nitrogen and oxygen atoms in total. The Hall–Kier alpha value is -2.86. The van der Waals surface area contributed by atoms with E-state index in [2.05, 4.69) is 9.97 Å². The van der Waals surface area contributed by atoms with Gasteiger partial charge in [-0.2, -0.15) is 18.4 Å². The van der Waals surface area contributed by atoms with Crippen molar-refractivity contribution >= 4 is 44.1 Å².